The molecule has 0 bridgehead atoms. The third kappa shape index (κ3) is 3.20. The maximum absolute atomic E-state index is 15.0. The van der Waals surface area contributed by atoms with Gasteiger partial charge in [-0.1, -0.05) is 18.2 Å². The van der Waals surface area contributed by atoms with E-state index < -0.39 is 11.6 Å². The van der Waals surface area contributed by atoms with E-state index in [1.165, 1.54) is 22.9 Å². The highest BCUT2D eigenvalue weighted by Gasteiger charge is 2.17. The third-order valence-electron chi connectivity index (χ3n) is 5.44. The Morgan fingerprint density at radius 2 is 1.80 bits per heavy atom. The average molecular weight is 401 g/mol. The Kier molecular flexibility index (Phi) is 4.47. The van der Waals surface area contributed by atoms with Crippen LogP contribution in [0.1, 0.15) is 23.4 Å². The smallest absolute Gasteiger partial charge is 0.269 e. The lowest BCUT2D eigenvalue weighted by Crippen LogP contribution is -2.26. The van der Waals surface area contributed by atoms with E-state index in [1.54, 1.807) is 18.5 Å². The summed E-state index contributed by atoms with van der Waals surface area (Å²) in [6.07, 6.45) is 9.90. The van der Waals surface area contributed by atoms with Gasteiger partial charge in [0, 0.05) is 23.3 Å². The number of hydrogen-bond acceptors (Lipinski definition) is 3. The molecule has 1 aliphatic carbocycles. The molecule has 5 rings (SSSR count). The predicted molar refractivity (Wildman–Crippen MR) is 112 cm³/mol. The summed E-state index contributed by atoms with van der Waals surface area (Å²) >= 11 is 0. The van der Waals surface area contributed by atoms with E-state index in [0.29, 0.717) is 23.2 Å². The molecule has 0 saturated heterocycles. The van der Waals surface area contributed by atoms with Gasteiger partial charge >= 0.3 is 0 Å². The zero-order valence-corrected chi connectivity index (χ0v) is 16.0. The molecule has 148 valence electrons. The van der Waals surface area contributed by atoms with Gasteiger partial charge in [-0.3, -0.25) is 14.8 Å². The van der Waals surface area contributed by atoms with Crippen LogP contribution in [0.4, 0.5) is 8.78 Å². The predicted octanol–water partition coefficient (Wildman–Crippen LogP) is 4.74. The van der Waals surface area contributed by atoms with Crippen LogP contribution in [0, 0.1) is 11.6 Å². The molecule has 2 aromatic heterocycles. The van der Waals surface area contributed by atoms with Gasteiger partial charge in [0.2, 0.25) is 0 Å². The van der Waals surface area contributed by atoms with Gasteiger partial charge in [0.05, 0.1) is 24.1 Å². The second-order valence-corrected chi connectivity index (χ2v) is 7.31. The summed E-state index contributed by atoms with van der Waals surface area (Å²) in [5, 5.41) is 1.89. The largest absolute Gasteiger partial charge is 0.301 e. The van der Waals surface area contributed by atoms with Crippen molar-refractivity contribution < 1.29 is 8.78 Å². The maximum atomic E-state index is 15.0. The first-order chi connectivity index (χ1) is 14.6. The molecule has 0 fully saturated rings. The molecule has 0 unspecified atom stereocenters. The first kappa shape index (κ1) is 18.4. The van der Waals surface area contributed by atoms with Crippen molar-refractivity contribution in [2.45, 2.75) is 19.4 Å². The van der Waals surface area contributed by atoms with Crippen LogP contribution in [0.15, 0.2) is 65.9 Å². The first-order valence-electron chi connectivity index (χ1n) is 9.67. The fraction of sp³-hybridized carbons (Fsp3) is 0.125. The molecule has 0 amide bonds. The lowest BCUT2D eigenvalue weighted by atomic mass is 10.00. The molecule has 2 aromatic carbocycles. The zero-order valence-electron chi connectivity index (χ0n) is 16.0. The minimum absolute atomic E-state index is 0.141. The van der Waals surface area contributed by atoms with Crippen LogP contribution in [-0.4, -0.2) is 14.5 Å². The standard InChI is InChI=1S/C24H17F2N3O/c25-20-10-18(15-5-6-17-12-27-8-7-16(17)9-15)11-21(26)19(20)14-29-23-4-2-1-3-22(23)28-13-24(29)30/h2,4-13H,1,3,14H2. The number of hydrogen-bond donors (Lipinski definition) is 0. The van der Waals surface area contributed by atoms with E-state index in [9.17, 15) is 13.6 Å². The zero-order chi connectivity index (χ0) is 20.7. The third-order valence-corrected chi connectivity index (χ3v) is 5.44. The highest BCUT2D eigenvalue weighted by Crippen LogP contribution is 2.28. The molecule has 0 radical (unpaired) electrons. The minimum atomic E-state index is -0.683. The van der Waals surface area contributed by atoms with E-state index in [-0.39, 0.29) is 17.7 Å². The van der Waals surface area contributed by atoms with Crippen molar-refractivity contribution in [1.29, 1.82) is 0 Å². The van der Waals surface area contributed by atoms with Crippen molar-refractivity contribution in [3.63, 3.8) is 0 Å². The summed E-state index contributed by atoms with van der Waals surface area (Å²) in [6, 6.07) is 10.0. The van der Waals surface area contributed by atoms with Crippen LogP contribution in [0.2, 0.25) is 0 Å². The van der Waals surface area contributed by atoms with Crippen LogP contribution in [-0.2, 0) is 13.0 Å². The number of rotatable bonds is 3. The number of pyridine rings is 1. The molecule has 0 aliphatic heterocycles. The first-order valence-corrected chi connectivity index (χ1v) is 9.67. The number of fused-ring (bicyclic) bond motifs is 2. The molecule has 0 spiro atoms. The number of aromatic nitrogens is 3. The van der Waals surface area contributed by atoms with Crippen LogP contribution < -0.4 is 5.56 Å². The summed E-state index contributed by atoms with van der Waals surface area (Å²) in [4.78, 5) is 20.6. The second-order valence-electron chi connectivity index (χ2n) is 7.31. The maximum Gasteiger partial charge on any atom is 0.269 e. The average Bonchev–Trinajstić information content (AvgIpc) is 2.77. The molecule has 1 aliphatic rings. The summed E-state index contributed by atoms with van der Waals surface area (Å²) in [5.74, 6) is -1.37. The Bertz CT molecular complexity index is 1350. The van der Waals surface area contributed by atoms with Gasteiger partial charge in [-0.25, -0.2) is 8.78 Å². The second kappa shape index (κ2) is 7.30. The van der Waals surface area contributed by atoms with Crippen LogP contribution in [0.3, 0.4) is 0 Å². The normalized spacial score (nSPS) is 12.9. The monoisotopic (exact) mass is 401 g/mol. The lowest BCUT2D eigenvalue weighted by molar-refractivity contribution is 0.539. The Balaban J connectivity index is 1.56. The van der Waals surface area contributed by atoms with Crippen LogP contribution >= 0.6 is 0 Å². The topological polar surface area (TPSA) is 47.8 Å². The Hall–Kier alpha value is -3.67. The molecule has 4 nitrogen and oxygen atoms in total. The minimum Gasteiger partial charge on any atom is -0.301 e. The molecular formula is C24H17F2N3O. The van der Waals surface area contributed by atoms with Crippen LogP contribution in [0.5, 0.6) is 0 Å². The van der Waals surface area contributed by atoms with Crippen molar-refractivity contribution in [2.24, 2.45) is 0 Å². The molecule has 6 heteroatoms. The number of benzene rings is 2. The van der Waals surface area contributed by atoms with E-state index in [1.807, 2.05) is 30.3 Å². The van der Waals surface area contributed by atoms with Gasteiger partial charge in [-0.2, -0.15) is 0 Å². The SMILES string of the molecule is O=c1cnc2c(n1Cc1c(F)cc(-c3ccc4cnccc4c3)cc1F)C=CCC2. The summed E-state index contributed by atoms with van der Waals surface area (Å²) in [6.45, 7) is -0.185. The Morgan fingerprint density at radius 3 is 2.63 bits per heavy atom. The molecule has 4 aromatic rings. The molecule has 0 N–H and O–H groups in total. The van der Waals surface area contributed by atoms with Gasteiger partial charge in [0.15, 0.2) is 0 Å². The quantitative estimate of drug-likeness (QED) is 0.498. The number of halogens is 2. The summed E-state index contributed by atoms with van der Waals surface area (Å²) in [5.41, 5.74) is 2.00. The van der Waals surface area contributed by atoms with Crippen molar-refractivity contribution in [3.8, 4) is 11.1 Å². The Morgan fingerprint density at radius 1 is 0.967 bits per heavy atom. The Labute approximate surface area is 171 Å². The summed E-state index contributed by atoms with van der Waals surface area (Å²) < 4.78 is 31.3. The molecule has 0 saturated carbocycles. The van der Waals surface area contributed by atoms with Crippen LogP contribution in [0.25, 0.3) is 28.0 Å². The molecule has 0 atom stereocenters. The highest BCUT2D eigenvalue weighted by molar-refractivity contribution is 5.86. The molecule has 30 heavy (non-hydrogen) atoms. The van der Waals surface area contributed by atoms with Gasteiger partial charge < -0.3 is 4.57 Å². The number of nitrogens with zero attached hydrogens (tertiary/aromatic N) is 3. The highest BCUT2D eigenvalue weighted by atomic mass is 19.1. The lowest BCUT2D eigenvalue weighted by Gasteiger charge is -2.17. The van der Waals surface area contributed by atoms with Crippen molar-refractivity contribution in [2.75, 3.05) is 0 Å². The van der Waals surface area contributed by atoms with Crippen molar-refractivity contribution in [3.05, 3.63) is 100 Å². The van der Waals surface area contributed by atoms with Gasteiger partial charge in [-0.05, 0) is 59.7 Å². The van der Waals surface area contributed by atoms with E-state index in [0.717, 1.165) is 22.9 Å². The van der Waals surface area contributed by atoms with E-state index in [2.05, 4.69) is 9.97 Å². The molecule has 2 heterocycles. The van der Waals surface area contributed by atoms with E-state index >= 15 is 0 Å². The fourth-order valence-corrected chi connectivity index (χ4v) is 3.84. The fourth-order valence-electron chi connectivity index (χ4n) is 3.84. The number of aryl methyl sites for hydroxylation is 1. The number of allylic oxidation sites excluding steroid dienone is 1. The van der Waals surface area contributed by atoms with Gasteiger partial charge in [-0.15, -0.1) is 0 Å². The van der Waals surface area contributed by atoms with Crippen molar-refractivity contribution >= 4 is 16.8 Å². The summed E-state index contributed by atoms with van der Waals surface area (Å²) in [7, 11) is 0. The van der Waals surface area contributed by atoms with Crippen molar-refractivity contribution in [1.82, 2.24) is 14.5 Å². The van der Waals surface area contributed by atoms with Gasteiger partial charge in [0.1, 0.15) is 11.6 Å². The molecular weight excluding hydrogens is 384 g/mol. The van der Waals surface area contributed by atoms with Gasteiger partial charge in [0.25, 0.3) is 5.56 Å². The van der Waals surface area contributed by atoms with E-state index in [4.69, 9.17) is 0 Å².